The second-order valence-electron chi connectivity index (χ2n) is 8.84. The number of alkyl halides is 1. The van der Waals surface area contributed by atoms with Crippen LogP contribution < -0.4 is 26.4 Å². The molecule has 3 aliphatic rings. The predicted octanol–water partition coefficient (Wildman–Crippen LogP) is 0.635. The SMILES string of the molecule is COc1ccc(/C=C/C(=O)O[C@@H]2CC[C@@]3(O[I-]3)C(C3(C)O[C@H]3CC=C(C)C)[C@@H]2O)cc1. The number of carbonyl (C=O) groups excluding carboxylic acids is 1. The first kappa shape index (κ1) is 22.8. The molecule has 1 saturated carbocycles. The molecular formula is C24H30IO6-. The average molecular weight is 541 g/mol. The number of ether oxygens (including phenoxy) is 3. The average Bonchev–Trinajstić information content (AvgIpc) is 3.65. The molecule has 7 heteroatoms. The van der Waals surface area contributed by atoms with Gasteiger partial charge in [0.25, 0.3) is 0 Å². The molecule has 1 N–H and O–H groups in total. The Bertz CT molecular complexity index is 871. The van der Waals surface area contributed by atoms with Crippen LogP contribution in [0.5, 0.6) is 5.75 Å². The number of aliphatic hydroxyl groups is 1. The molecule has 6 nitrogen and oxygen atoms in total. The first-order chi connectivity index (χ1) is 14.8. The minimum atomic E-state index is -0.795. The number of methoxy groups -OCH3 is 1. The van der Waals surface area contributed by atoms with Crippen LogP contribution in [0.15, 0.2) is 42.0 Å². The predicted molar refractivity (Wildman–Crippen MR) is 112 cm³/mol. The van der Waals surface area contributed by atoms with Gasteiger partial charge in [0.05, 0.1) is 7.11 Å². The van der Waals surface area contributed by atoms with E-state index < -0.39 is 45.4 Å². The molecule has 31 heavy (non-hydrogen) atoms. The van der Waals surface area contributed by atoms with Crippen LogP contribution in [0.25, 0.3) is 6.08 Å². The van der Waals surface area contributed by atoms with E-state index in [1.54, 1.807) is 13.2 Å². The summed E-state index contributed by atoms with van der Waals surface area (Å²) in [5.74, 6) is 0.137. The molecule has 2 unspecified atom stereocenters. The fourth-order valence-corrected chi connectivity index (χ4v) is 7.06. The van der Waals surface area contributed by atoms with Crippen LogP contribution in [-0.2, 0) is 17.3 Å². The van der Waals surface area contributed by atoms with Crippen LogP contribution in [0.2, 0.25) is 0 Å². The fraction of sp³-hybridized carbons (Fsp3) is 0.542. The number of benzene rings is 1. The van der Waals surface area contributed by atoms with E-state index in [-0.39, 0.29) is 15.6 Å². The van der Waals surface area contributed by atoms with E-state index >= 15 is 0 Å². The molecule has 2 saturated heterocycles. The van der Waals surface area contributed by atoms with Crippen molar-refractivity contribution in [3.8, 4) is 5.75 Å². The Balaban J connectivity index is 1.40. The molecule has 0 bridgehead atoms. The third-order valence-electron chi connectivity index (χ3n) is 6.36. The zero-order valence-corrected chi connectivity index (χ0v) is 20.5. The number of epoxide rings is 1. The molecule has 0 amide bonds. The molecule has 1 aromatic rings. The van der Waals surface area contributed by atoms with E-state index in [1.165, 1.54) is 11.6 Å². The summed E-state index contributed by atoms with van der Waals surface area (Å²) in [5.41, 5.74) is 1.68. The molecule has 1 aromatic carbocycles. The second kappa shape index (κ2) is 8.84. The van der Waals surface area contributed by atoms with Gasteiger partial charge in [0.2, 0.25) is 0 Å². The van der Waals surface area contributed by atoms with Crippen molar-refractivity contribution in [3.05, 3.63) is 47.6 Å². The van der Waals surface area contributed by atoms with Crippen LogP contribution in [-0.4, -0.2) is 45.7 Å². The Morgan fingerprint density at radius 2 is 2.03 bits per heavy atom. The summed E-state index contributed by atoms with van der Waals surface area (Å²) in [5, 5.41) is 11.2. The standard InChI is InChI=1S/C24H30IO6/c1-15(2)5-11-19-23(3,30-19)22-21(27)18(13-14-24(22)25-31-24)29-20(26)12-8-16-6-9-17(28-4)10-7-16/h5-10,12,18-19,21-22,27H,11,13-14H2,1-4H3/q-1/b12-8+/t18-,19+,21-,22?,23?,24-/m1/s1. The van der Waals surface area contributed by atoms with Crippen LogP contribution in [0.1, 0.15) is 45.6 Å². The van der Waals surface area contributed by atoms with Crippen LogP contribution >= 0.6 is 0 Å². The van der Waals surface area contributed by atoms with Crippen LogP contribution in [0.3, 0.4) is 0 Å². The second-order valence-corrected chi connectivity index (χ2v) is 11.5. The zero-order chi connectivity index (χ0) is 22.2. The van der Waals surface area contributed by atoms with Crippen molar-refractivity contribution in [1.29, 1.82) is 0 Å². The van der Waals surface area contributed by atoms with Gasteiger partial charge in [-0.25, -0.2) is 0 Å². The van der Waals surface area contributed by atoms with Gasteiger partial charge in [-0.3, -0.25) is 0 Å². The molecule has 6 atom stereocenters. The summed E-state index contributed by atoms with van der Waals surface area (Å²) in [6, 6.07) is 7.40. The molecular weight excluding hydrogens is 511 g/mol. The Morgan fingerprint density at radius 1 is 1.32 bits per heavy atom. The molecule has 1 aliphatic carbocycles. The van der Waals surface area contributed by atoms with Gasteiger partial charge in [0, 0.05) is 0 Å². The van der Waals surface area contributed by atoms with Crippen LogP contribution in [0, 0.1) is 5.92 Å². The Labute approximate surface area is 194 Å². The van der Waals surface area contributed by atoms with E-state index in [4.69, 9.17) is 17.3 Å². The summed E-state index contributed by atoms with van der Waals surface area (Å²) in [6.45, 7) is 6.20. The summed E-state index contributed by atoms with van der Waals surface area (Å²) in [7, 11) is 1.61. The quantitative estimate of drug-likeness (QED) is 0.136. The van der Waals surface area contributed by atoms with E-state index in [0.29, 0.717) is 6.42 Å². The van der Waals surface area contributed by atoms with Gasteiger partial charge in [-0.05, 0) is 0 Å². The van der Waals surface area contributed by atoms with Gasteiger partial charge in [0.1, 0.15) is 0 Å². The molecule has 1 spiro atoms. The molecule has 170 valence electrons. The Morgan fingerprint density at radius 3 is 2.65 bits per heavy atom. The number of halogens is 1. The maximum atomic E-state index is 12.4. The third kappa shape index (κ3) is 4.84. The topological polar surface area (TPSA) is 80.8 Å². The van der Waals surface area contributed by atoms with Crippen molar-refractivity contribution < 1.29 is 48.8 Å². The van der Waals surface area contributed by atoms with E-state index in [2.05, 4.69) is 26.8 Å². The summed E-state index contributed by atoms with van der Waals surface area (Å²) in [4.78, 5) is 12.4. The molecule has 0 aromatic heterocycles. The number of esters is 1. The van der Waals surface area contributed by atoms with Crippen molar-refractivity contribution in [3.63, 3.8) is 0 Å². The van der Waals surface area contributed by atoms with Gasteiger partial charge >= 0.3 is 183 Å². The van der Waals surface area contributed by atoms with Gasteiger partial charge < -0.3 is 4.74 Å². The van der Waals surface area contributed by atoms with E-state index in [1.807, 2.05) is 24.3 Å². The molecule has 4 rings (SSSR count). The molecule has 2 aliphatic heterocycles. The van der Waals surface area contributed by atoms with Gasteiger partial charge in [-0.1, -0.05) is 0 Å². The first-order valence-electron chi connectivity index (χ1n) is 10.6. The van der Waals surface area contributed by atoms with Crippen molar-refractivity contribution >= 4 is 12.0 Å². The Hall–Kier alpha value is -1.42. The Kier molecular flexibility index (Phi) is 6.49. The van der Waals surface area contributed by atoms with Gasteiger partial charge in [-0.2, -0.15) is 0 Å². The van der Waals surface area contributed by atoms with Crippen LogP contribution in [0.4, 0.5) is 0 Å². The first-order valence-corrected chi connectivity index (χ1v) is 12.6. The minimum absolute atomic E-state index is 0.0663. The molecule has 2 heterocycles. The van der Waals surface area contributed by atoms with Crippen molar-refractivity contribution in [1.82, 2.24) is 0 Å². The third-order valence-corrected chi connectivity index (χ3v) is 9.15. The molecule has 3 fully saturated rings. The fourth-order valence-electron chi connectivity index (χ4n) is 4.49. The van der Waals surface area contributed by atoms with E-state index in [0.717, 1.165) is 24.2 Å². The normalized spacial score (nSPS) is 36.5. The number of hydrogen-bond donors (Lipinski definition) is 1. The van der Waals surface area contributed by atoms with Crippen molar-refractivity contribution in [2.24, 2.45) is 5.92 Å². The van der Waals surface area contributed by atoms with E-state index in [9.17, 15) is 9.90 Å². The number of aliphatic hydroxyl groups excluding tert-OH is 1. The zero-order valence-electron chi connectivity index (χ0n) is 18.3. The summed E-state index contributed by atoms with van der Waals surface area (Å²) in [6.07, 6.45) is 6.22. The van der Waals surface area contributed by atoms with Gasteiger partial charge in [0.15, 0.2) is 0 Å². The van der Waals surface area contributed by atoms with Crippen molar-refractivity contribution in [2.75, 3.05) is 7.11 Å². The summed E-state index contributed by atoms with van der Waals surface area (Å²) >= 11 is -0.406. The van der Waals surface area contributed by atoms with Crippen molar-refractivity contribution in [2.45, 2.75) is 67.6 Å². The summed E-state index contributed by atoms with van der Waals surface area (Å²) < 4.78 is 22.6. The van der Waals surface area contributed by atoms with Gasteiger partial charge in [-0.15, -0.1) is 0 Å². The number of hydrogen-bond acceptors (Lipinski definition) is 6. The number of allylic oxidation sites excluding steroid dienone is 1. The number of carbonyl (C=O) groups is 1. The molecule has 0 radical (unpaired) electrons. The monoisotopic (exact) mass is 541 g/mol. The maximum absolute atomic E-state index is 12.4. The number of rotatable bonds is 7.